The molecule has 7 nitrogen and oxygen atoms in total. The first-order valence-electron chi connectivity index (χ1n) is 9.85. The number of nitrogens with zero attached hydrogens (tertiary/aromatic N) is 3. The summed E-state index contributed by atoms with van der Waals surface area (Å²) in [5, 5.41) is 2.95. The maximum atomic E-state index is 12.0. The molecule has 1 aromatic carbocycles. The standard InChI is InChI=1S/C21H27N5O2/c1-13(25-11-18-17(19(18)12-25)10-23-14(2)27)9-15-3-5-16(6-4-15)26-8-7-20(22)24-21(26)28/h3-8,13,17-19H,9-12H2,1-2H3,(H,23,27)(H2,22,24,28)/t13?,17?,18-,19+. The van der Waals surface area contributed by atoms with Crippen LogP contribution in [0, 0.1) is 17.8 Å². The van der Waals surface area contributed by atoms with Gasteiger partial charge in [-0.25, -0.2) is 4.79 Å². The molecule has 148 valence electrons. The van der Waals surface area contributed by atoms with Crippen molar-refractivity contribution in [3.05, 3.63) is 52.6 Å². The Morgan fingerprint density at radius 1 is 1.25 bits per heavy atom. The van der Waals surface area contributed by atoms with E-state index in [1.807, 2.05) is 12.1 Å². The lowest BCUT2D eigenvalue weighted by Crippen LogP contribution is -2.36. The predicted octanol–water partition coefficient (Wildman–Crippen LogP) is 1.06. The van der Waals surface area contributed by atoms with Crippen LogP contribution in [0.25, 0.3) is 5.69 Å². The third-order valence-electron chi connectivity index (χ3n) is 6.18. The number of anilines is 1. The molecule has 2 fully saturated rings. The van der Waals surface area contributed by atoms with E-state index in [4.69, 9.17) is 5.73 Å². The van der Waals surface area contributed by atoms with Crippen molar-refractivity contribution in [1.29, 1.82) is 0 Å². The largest absolute Gasteiger partial charge is 0.383 e. The Labute approximate surface area is 164 Å². The van der Waals surface area contributed by atoms with Crippen LogP contribution in [-0.2, 0) is 11.2 Å². The van der Waals surface area contributed by atoms with Crippen LogP contribution in [0.1, 0.15) is 19.4 Å². The second-order valence-corrected chi connectivity index (χ2v) is 8.11. The Kier molecular flexibility index (Phi) is 4.93. The minimum absolute atomic E-state index is 0.0654. The molecule has 1 saturated heterocycles. The fraction of sp³-hybridized carbons (Fsp3) is 0.476. The van der Waals surface area contributed by atoms with Crippen molar-refractivity contribution in [3.63, 3.8) is 0 Å². The number of hydrogen-bond acceptors (Lipinski definition) is 5. The van der Waals surface area contributed by atoms with E-state index in [2.05, 4.69) is 34.3 Å². The number of aromatic nitrogens is 2. The van der Waals surface area contributed by atoms with Crippen LogP contribution < -0.4 is 16.7 Å². The number of nitrogens with two attached hydrogens (primary N) is 1. The summed E-state index contributed by atoms with van der Waals surface area (Å²) in [5.41, 5.74) is 7.22. The normalized spacial score (nSPS) is 24.6. The van der Waals surface area contributed by atoms with Gasteiger partial charge in [0.05, 0.1) is 5.69 Å². The molecule has 4 atom stereocenters. The van der Waals surface area contributed by atoms with E-state index in [0.717, 1.165) is 43.6 Å². The number of carbonyl (C=O) groups excluding carboxylic acids is 1. The number of likely N-dealkylation sites (tertiary alicyclic amines) is 1. The number of nitrogens with one attached hydrogen (secondary N) is 1. The highest BCUT2D eigenvalue weighted by atomic mass is 16.1. The summed E-state index contributed by atoms with van der Waals surface area (Å²) in [6.07, 6.45) is 2.63. The van der Waals surface area contributed by atoms with E-state index in [0.29, 0.717) is 12.0 Å². The molecule has 0 bridgehead atoms. The van der Waals surface area contributed by atoms with Crippen molar-refractivity contribution < 1.29 is 4.79 Å². The second-order valence-electron chi connectivity index (χ2n) is 8.11. The molecule has 0 radical (unpaired) electrons. The van der Waals surface area contributed by atoms with Crippen molar-refractivity contribution in [3.8, 4) is 5.69 Å². The van der Waals surface area contributed by atoms with Crippen LogP contribution in [0.4, 0.5) is 5.82 Å². The summed E-state index contributed by atoms with van der Waals surface area (Å²) in [6.45, 7) is 6.93. The van der Waals surface area contributed by atoms with Gasteiger partial charge < -0.3 is 11.1 Å². The Morgan fingerprint density at radius 3 is 2.54 bits per heavy atom. The molecule has 1 saturated carbocycles. The van der Waals surface area contributed by atoms with Crippen LogP contribution in [0.3, 0.4) is 0 Å². The van der Waals surface area contributed by atoms with E-state index in [-0.39, 0.29) is 17.4 Å². The molecule has 1 aliphatic heterocycles. The summed E-state index contributed by atoms with van der Waals surface area (Å²) >= 11 is 0. The maximum absolute atomic E-state index is 12.0. The lowest BCUT2D eigenvalue weighted by atomic mass is 10.0. The van der Waals surface area contributed by atoms with Gasteiger partial charge in [-0.15, -0.1) is 0 Å². The molecule has 3 N–H and O–H groups in total. The van der Waals surface area contributed by atoms with Gasteiger partial charge in [0, 0.05) is 38.8 Å². The molecular weight excluding hydrogens is 354 g/mol. The maximum Gasteiger partial charge on any atom is 0.354 e. The van der Waals surface area contributed by atoms with E-state index >= 15 is 0 Å². The molecule has 28 heavy (non-hydrogen) atoms. The molecule has 2 unspecified atom stereocenters. The molecule has 2 aliphatic rings. The highest BCUT2D eigenvalue weighted by Gasteiger charge is 2.55. The summed E-state index contributed by atoms with van der Waals surface area (Å²) in [7, 11) is 0. The van der Waals surface area contributed by atoms with Crippen molar-refractivity contribution in [1.82, 2.24) is 19.8 Å². The van der Waals surface area contributed by atoms with Gasteiger partial charge in [-0.3, -0.25) is 14.3 Å². The first-order valence-corrected chi connectivity index (χ1v) is 9.85. The molecule has 1 aliphatic carbocycles. The van der Waals surface area contributed by atoms with Crippen molar-refractivity contribution in [2.45, 2.75) is 26.3 Å². The van der Waals surface area contributed by atoms with Gasteiger partial charge in [0.25, 0.3) is 0 Å². The van der Waals surface area contributed by atoms with Gasteiger partial charge in [-0.1, -0.05) is 12.1 Å². The van der Waals surface area contributed by atoms with Gasteiger partial charge >= 0.3 is 5.69 Å². The molecule has 2 aromatic rings. The third kappa shape index (κ3) is 3.80. The van der Waals surface area contributed by atoms with Gasteiger partial charge in [0.15, 0.2) is 0 Å². The summed E-state index contributed by atoms with van der Waals surface area (Å²) < 4.78 is 1.49. The topological polar surface area (TPSA) is 93.2 Å². The Bertz CT molecular complexity index is 911. The molecule has 0 spiro atoms. The number of carbonyl (C=O) groups is 1. The molecule has 4 rings (SSSR count). The average molecular weight is 381 g/mol. The zero-order valence-corrected chi connectivity index (χ0v) is 16.3. The van der Waals surface area contributed by atoms with Crippen LogP contribution in [0.5, 0.6) is 0 Å². The van der Waals surface area contributed by atoms with Crippen LogP contribution >= 0.6 is 0 Å². The van der Waals surface area contributed by atoms with Crippen molar-refractivity contribution >= 4 is 11.7 Å². The lowest BCUT2D eigenvalue weighted by molar-refractivity contribution is -0.119. The average Bonchev–Trinajstić information content (AvgIpc) is 3.10. The predicted molar refractivity (Wildman–Crippen MR) is 108 cm³/mol. The third-order valence-corrected chi connectivity index (χ3v) is 6.18. The Morgan fingerprint density at radius 2 is 1.93 bits per heavy atom. The number of fused-ring (bicyclic) bond motifs is 1. The molecular formula is C21H27N5O2. The Balaban J connectivity index is 1.32. The number of amides is 1. The van der Waals surface area contributed by atoms with Crippen molar-refractivity contribution in [2.75, 3.05) is 25.4 Å². The number of nitrogen functional groups attached to an aromatic ring is 1. The lowest BCUT2D eigenvalue weighted by Gasteiger charge is -2.27. The highest BCUT2D eigenvalue weighted by Crippen LogP contribution is 2.51. The number of benzene rings is 1. The van der Waals surface area contributed by atoms with Crippen LogP contribution in [0.2, 0.25) is 0 Å². The molecule has 1 aromatic heterocycles. The molecule has 1 amide bonds. The zero-order valence-electron chi connectivity index (χ0n) is 16.3. The second kappa shape index (κ2) is 7.39. The first kappa shape index (κ1) is 18.7. The van der Waals surface area contributed by atoms with Crippen LogP contribution in [0.15, 0.2) is 41.3 Å². The van der Waals surface area contributed by atoms with Gasteiger partial charge in [0.1, 0.15) is 5.82 Å². The Hall–Kier alpha value is -2.67. The highest BCUT2D eigenvalue weighted by molar-refractivity contribution is 5.72. The minimum Gasteiger partial charge on any atom is -0.383 e. The van der Waals surface area contributed by atoms with Gasteiger partial charge in [-0.2, -0.15) is 4.98 Å². The number of piperidine rings is 1. The van der Waals surface area contributed by atoms with Gasteiger partial charge in [-0.05, 0) is 54.9 Å². The zero-order chi connectivity index (χ0) is 19.8. The molecule has 2 heterocycles. The fourth-order valence-electron chi connectivity index (χ4n) is 4.48. The summed E-state index contributed by atoms with van der Waals surface area (Å²) in [4.78, 5) is 29.4. The SMILES string of the molecule is CC(=O)NCC1[C@H]2CN(C(C)Cc3ccc(-n4ccc(N)nc4=O)cc3)C[C@@H]12. The number of hydrogen-bond donors (Lipinski definition) is 2. The van der Waals surface area contributed by atoms with E-state index in [9.17, 15) is 9.59 Å². The smallest absolute Gasteiger partial charge is 0.354 e. The monoisotopic (exact) mass is 381 g/mol. The van der Waals surface area contributed by atoms with Crippen LogP contribution in [-0.4, -0.2) is 46.0 Å². The van der Waals surface area contributed by atoms with Gasteiger partial charge in [0.2, 0.25) is 5.91 Å². The quantitative estimate of drug-likeness (QED) is 0.780. The summed E-state index contributed by atoms with van der Waals surface area (Å²) in [6, 6.07) is 10.1. The summed E-state index contributed by atoms with van der Waals surface area (Å²) in [5.74, 6) is 2.44. The number of rotatable bonds is 6. The minimum atomic E-state index is -0.369. The first-order chi connectivity index (χ1) is 13.4. The van der Waals surface area contributed by atoms with E-state index in [1.54, 1.807) is 19.2 Å². The fourth-order valence-corrected chi connectivity index (χ4v) is 4.48. The van der Waals surface area contributed by atoms with Crippen molar-refractivity contribution in [2.24, 2.45) is 17.8 Å². The molecule has 7 heteroatoms. The van der Waals surface area contributed by atoms with E-state index in [1.165, 1.54) is 10.1 Å². The van der Waals surface area contributed by atoms with E-state index < -0.39 is 0 Å².